The Bertz CT molecular complexity index is 1140. The number of carbonyl (C=O) groups excluding carboxylic acids is 1. The summed E-state index contributed by atoms with van der Waals surface area (Å²) in [6.07, 6.45) is -0.674. The third kappa shape index (κ3) is 3.83. The van der Waals surface area contributed by atoms with Crippen LogP contribution in [0.1, 0.15) is 12.5 Å². The molecular weight excluding hydrogens is 398 g/mol. The van der Waals surface area contributed by atoms with Crippen molar-refractivity contribution in [2.75, 3.05) is 5.32 Å². The lowest BCUT2D eigenvalue weighted by molar-refractivity contribution is -0.122. The van der Waals surface area contributed by atoms with Crippen LogP contribution in [0.25, 0.3) is 16.3 Å². The van der Waals surface area contributed by atoms with Gasteiger partial charge in [0.25, 0.3) is 5.91 Å². The third-order valence-corrected chi connectivity index (χ3v) is 5.06. The number of hydrogen-bond donors (Lipinski definition) is 1. The van der Waals surface area contributed by atoms with E-state index in [0.717, 1.165) is 11.1 Å². The highest BCUT2D eigenvalue weighted by atomic mass is 35.5. The Balaban J connectivity index is 1.50. The molecule has 0 saturated heterocycles. The van der Waals surface area contributed by atoms with Gasteiger partial charge in [0.2, 0.25) is 10.1 Å². The van der Waals surface area contributed by atoms with Crippen molar-refractivity contribution in [3.05, 3.63) is 59.1 Å². The van der Waals surface area contributed by atoms with Gasteiger partial charge in [-0.1, -0.05) is 35.1 Å². The van der Waals surface area contributed by atoms with Crippen LogP contribution >= 0.6 is 22.9 Å². The first-order valence-corrected chi connectivity index (χ1v) is 9.71. The maximum Gasteiger partial charge on any atom is 0.266 e. The molecular formula is C19H16ClN5O2S. The summed E-state index contributed by atoms with van der Waals surface area (Å²) in [5, 5.41) is 16.5. The van der Waals surface area contributed by atoms with Crippen molar-refractivity contribution in [3.8, 4) is 17.1 Å². The van der Waals surface area contributed by atoms with Crippen molar-refractivity contribution in [3.63, 3.8) is 0 Å². The minimum atomic E-state index is -0.674. The van der Waals surface area contributed by atoms with E-state index in [0.29, 0.717) is 26.7 Å². The monoisotopic (exact) mass is 413 g/mol. The van der Waals surface area contributed by atoms with Gasteiger partial charge in [-0.15, -0.1) is 15.3 Å². The van der Waals surface area contributed by atoms with Gasteiger partial charge in [0.05, 0.1) is 0 Å². The van der Waals surface area contributed by atoms with Crippen LogP contribution in [0, 0.1) is 6.92 Å². The molecule has 1 N–H and O–H groups in total. The maximum atomic E-state index is 12.5. The molecule has 9 heteroatoms. The predicted molar refractivity (Wildman–Crippen MR) is 109 cm³/mol. The van der Waals surface area contributed by atoms with E-state index in [1.54, 1.807) is 23.6 Å². The molecule has 7 nitrogen and oxygen atoms in total. The Morgan fingerprint density at radius 2 is 2.00 bits per heavy atom. The van der Waals surface area contributed by atoms with E-state index < -0.39 is 6.10 Å². The number of aryl methyl sites for hydroxylation is 1. The van der Waals surface area contributed by atoms with Crippen LogP contribution in [0.5, 0.6) is 5.75 Å². The molecule has 1 unspecified atom stereocenters. The predicted octanol–water partition coefficient (Wildman–Crippen LogP) is 4.22. The fourth-order valence-electron chi connectivity index (χ4n) is 2.60. The van der Waals surface area contributed by atoms with E-state index in [2.05, 4.69) is 20.6 Å². The molecule has 0 spiro atoms. The number of aromatic nitrogens is 4. The van der Waals surface area contributed by atoms with Gasteiger partial charge in [0, 0.05) is 10.6 Å². The smallest absolute Gasteiger partial charge is 0.266 e. The van der Waals surface area contributed by atoms with E-state index in [-0.39, 0.29) is 5.91 Å². The lowest BCUT2D eigenvalue weighted by Gasteiger charge is -2.13. The maximum absolute atomic E-state index is 12.5. The van der Waals surface area contributed by atoms with Gasteiger partial charge in [-0.3, -0.25) is 10.1 Å². The standard InChI is InChI=1S/C19H16ClN5O2S/c1-11-4-3-5-15(10-11)27-12(2)17(26)21-18-24-25-16(22-23-19(25)28-18)13-6-8-14(20)9-7-13/h3-10,12H,1-2H3,(H,21,24,26). The molecule has 0 aliphatic rings. The Morgan fingerprint density at radius 1 is 1.21 bits per heavy atom. The second kappa shape index (κ2) is 7.57. The summed E-state index contributed by atoms with van der Waals surface area (Å²) >= 11 is 7.17. The highest BCUT2D eigenvalue weighted by Gasteiger charge is 2.19. The minimum Gasteiger partial charge on any atom is -0.481 e. The van der Waals surface area contributed by atoms with Gasteiger partial charge in [0.15, 0.2) is 11.9 Å². The molecule has 0 aliphatic carbocycles. The number of ether oxygens (including phenoxy) is 1. The van der Waals surface area contributed by atoms with E-state index in [1.807, 2.05) is 43.3 Å². The second-order valence-electron chi connectivity index (χ2n) is 6.20. The molecule has 2 aromatic heterocycles. The number of fused-ring (bicyclic) bond motifs is 1. The number of nitrogens with zero attached hydrogens (tertiary/aromatic N) is 4. The average molecular weight is 414 g/mol. The van der Waals surface area contributed by atoms with Gasteiger partial charge >= 0.3 is 0 Å². The van der Waals surface area contributed by atoms with E-state index in [1.165, 1.54) is 11.3 Å². The number of benzene rings is 2. The molecule has 1 atom stereocenters. The van der Waals surface area contributed by atoms with E-state index in [4.69, 9.17) is 16.3 Å². The first kappa shape index (κ1) is 18.4. The normalized spacial score (nSPS) is 12.1. The van der Waals surface area contributed by atoms with E-state index in [9.17, 15) is 4.79 Å². The fourth-order valence-corrected chi connectivity index (χ4v) is 3.47. The van der Waals surface area contributed by atoms with Crippen molar-refractivity contribution in [1.29, 1.82) is 0 Å². The van der Waals surface area contributed by atoms with Crippen molar-refractivity contribution in [2.24, 2.45) is 0 Å². The zero-order valence-corrected chi connectivity index (χ0v) is 16.7. The highest BCUT2D eigenvalue weighted by Crippen LogP contribution is 2.25. The van der Waals surface area contributed by atoms with Crippen LogP contribution in [0.15, 0.2) is 48.5 Å². The molecule has 28 heavy (non-hydrogen) atoms. The zero-order valence-electron chi connectivity index (χ0n) is 15.1. The summed E-state index contributed by atoms with van der Waals surface area (Å²) in [6, 6.07) is 14.8. The third-order valence-electron chi connectivity index (χ3n) is 4.00. The molecule has 4 aromatic rings. The minimum absolute atomic E-state index is 0.292. The van der Waals surface area contributed by atoms with Crippen LogP contribution in [0.3, 0.4) is 0 Å². The van der Waals surface area contributed by atoms with Crippen molar-refractivity contribution in [2.45, 2.75) is 20.0 Å². The van der Waals surface area contributed by atoms with Crippen LogP contribution in [0.2, 0.25) is 5.02 Å². The first-order chi connectivity index (χ1) is 13.5. The first-order valence-electron chi connectivity index (χ1n) is 8.52. The lowest BCUT2D eigenvalue weighted by atomic mass is 10.2. The van der Waals surface area contributed by atoms with Crippen molar-refractivity contribution >= 4 is 38.9 Å². The number of nitrogens with one attached hydrogen (secondary N) is 1. The molecule has 0 radical (unpaired) electrons. The topological polar surface area (TPSA) is 81.4 Å². The van der Waals surface area contributed by atoms with Gasteiger partial charge in [-0.25, -0.2) is 0 Å². The fraction of sp³-hybridized carbons (Fsp3) is 0.158. The zero-order chi connectivity index (χ0) is 19.7. The number of anilines is 1. The van der Waals surface area contributed by atoms with Crippen LogP contribution in [-0.2, 0) is 4.79 Å². The molecule has 0 fully saturated rings. The average Bonchev–Trinajstić information content (AvgIpc) is 3.22. The summed E-state index contributed by atoms with van der Waals surface area (Å²) < 4.78 is 7.30. The molecule has 142 valence electrons. The van der Waals surface area contributed by atoms with Crippen LogP contribution in [0.4, 0.5) is 5.13 Å². The Morgan fingerprint density at radius 3 is 2.75 bits per heavy atom. The largest absolute Gasteiger partial charge is 0.481 e. The quantitative estimate of drug-likeness (QED) is 0.529. The molecule has 0 saturated carbocycles. The summed E-state index contributed by atoms with van der Waals surface area (Å²) in [4.78, 5) is 13.0. The summed E-state index contributed by atoms with van der Waals surface area (Å²) in [5.74, 6) is 0.929. The van der Waals surface area contributed by atoms with Gasteiger partial charge in [0.1, 0.15) is 5.75 Å². The van der Waals surface area contributed by atoms with Gasteiger partial charge in [-0.05, 0) is 55.8 Å². The molecule has 2 heterocycles. The summed E-state index contributed by atoms with van der Waals surface area (Å²) in [6.45, 7) is 3.66. The van der Waals surface area contributed by atoms with Crippen molar-refractivity contribution in [1.82, 2.24) is 19.8 Å². The van der Waals surface area contributed by atoms with Crippen LogP contribution in [-0.4, -0.2) is 31.8 Å². The Kier molecular flexibility index (Phi) is 4.97. The lowest BCUT2D eigenvalue weighted by Crippen LogP contribution is -2.30. The number of halogens is 1. The van der Waals surface area contributed by atoms with Crippen LogP contribution < -0.4 is 10.1 Å². The van der Waals surface area contributed by atoms with Crippen molar-refractivity contribution < 1.29 is 9.53 Å². The number of rotatable bonds is 5. The SMILES string of the molecule is Cc1cccc(OC(C)C(=O)Nc2nn3c(-c4ccc(Cl)cc4)nnc3s2)c1. The summed E-state index contributed by atoms with van der Waals surface area (Å²) in [7, 11) is 0. The molecule has 0 aliphatic heterocycles. The van der Waals surface area contributed by atoms with E-state index >= 15 is 0 Å². The molecule has 1 amide bonds. The molecule has 4 rings (SSSR count). The second-order valence-corrected chi connectivity index (χ2v) is 7.59. The number of hydrogen-bond acceptors (Lipinski definition) is 6. The Labute approximate surface area is 169 Å². The molecule has 0 bridgehead atoms. The van der Waals surface area contributed by atoms with Gasteiger partial charge < -0.3 is 4.74 Å². The number of carbonyl (C=O) groups is 1. The Hall–Kier alpha value is -2.97. The highest BCUT2D eigenvalue weighted by molar-refractivity contribution is 7.20. The number of amides is 1. The van der Waals surface area contributed by atoms with Gasteiger partial charge in [-0.2, -0.15) is 4.52 Å². The molecule has 2 aromatic carbocycles. The summed E-state index contributed by atoms with van der Waals surface area (Å²) in [5.41, 5.74) is 1.89.